The molecule has 4 nitrogen and oxygen atoms in total. The SMILES string of the molecule is CCOC(=O)c1cc(C(F)(F)F)c(CN2CCCC2)c(Cl)c1N. The van der Waals surface area contributed by atoms with Crippen LogP contribution in [0.15, 0.2) is 6.07 Å². The van der Waals surface area contributed by atoms with Crippen molar-refractivity contribution in [1.29, 1.82) is 0 Å². The van der Waals surface area contributed by atoms with Crippen LogP contribution in [0, 0.1) is 0 Å². The van der Waals surface area contributed by atoms with Gasteiger partial charge in [0, 0.05) is 6.54 Å². The van der Waals surface area contributed by atoms with Crippen molar-refractivity contribution < 1.29 is 22.7 Å². The van der Waals surface area contributed by atoms with Crippen LogP contribution in [0.3, 0.4) is 0 Å². The predicted molar refractivity (Wildman–Crippen MR) is 81.3 cm³/mol. The van der Waals surface area contributed by atoms with Gasteiger partial charge in [0.1, 0.15) is 0 Å². The van der Waals surface area contributed by atoms with Gasteiger partial charge in [0.2, 0.25) is 0 Å². The number of benzene rings is 1. The highest BCUT2D eigenvalue weighted by Crippen LogP contribution is 2.40. The van der Waals surface area contributed by atoms with E-state index in [-0.39, 0.29) is 35.0 Å². The van der Waals surface area contributed by atoms with E-state index < -0.39 is 17.7 Å². The lowest BCUT2D eigenvalue weighted by molar-refractivity contribution is -0.138. The molecule has 1 aromatic rings. The summed E-state index contributed by atoms with van der Waals surface area (Å²) in [6, 6.07) is 0.741. The second-order valence-corrected chi connectivity index (χ2v) is 5.76. The monoisotopic (exact) mass is 350 g/mol. The van der Waals surface area contributed by atoms with Crippen LogP contribution < -0.4 is 5.73 Å². The van der Waals surface area contributed by atoms with E-state index in [1.807, 2.05) is 4.90 Å². The van der Waals surface area contributed by atoms with Gasteiger partial charge in [-0.15, -0.1) is 0 Å². The van der Waals surface area contributed by atoms with Crippen molar-refractivity contribution in [2.75, 3.05) is 25.4 Å². The van der Waals surface area contributed by atoms with Gasteiger partial charge < -0.3 is 10.5 Å². The summed E-state index contributed by atoms with van der Waals surface area (Å²) in [5.41, 5.74) is 4.23. The van der Waals surface area contributed by atoms with Crippen molar-refractivity contribution in [3.63, 3.8) is 0 Å². The molecule has 0 atom stereocenters. The van der Waals surface area contributed by atoms with Gasteiger partial charge in [-0.25, -0.2) is 4.79 Å². The van der Waals surface area contributed by atoms with Crippen LogP contribution >= 0.6 is 11.6 Å². The number of hydrogen-bond donors (Lipinski definition) is 1. The number of carbonyl (C=O) groups excluding carboxylic acids is 1. The third kappa shape index (κ3) is 3.90. The molecule has 23 heavy (non-hydrogen) atoms. The molecule has 8 heteroatoms. The molecular weight excluding hydrogens is 333 g/mol. The molecule has 1 fully saturated rings. The van der Waals surface area contributed by atoms with Gasteiger partial charge in [-0.1, -0.05) is 11.6 Å². The number of hydrogen-bond acceptors (Lipinski definition) is 4. The minimum Gasteiger partial charge on any atom is -0.462 e. The average Bonchev–Trinajstić information content (AvgIpc) is 2.96. The van der Waals surface area contributed by atoms with Gasteiger partial charge in [0.25, 0.3) is 0 Å². The summed E-state index contributed by atoms with van der Waals surface area (Å²) in [5.74, 6) is -0.912. The first-order valence-electron chi connectivity index (χ1n) is 7.33. The first-order valence-corrected chi connectivity index (χ1v) is 7.71. The zero-order valence-electron chi connectivity index (χ0n) is 12.7. The second kappa shape index (κ2) is 6.97. The first kappa shape index (κ1) is 17.9. The smallest absolute Gasteiger partial charge is 0.416 e. The Bertz CT molecular complexity index is 599. The molecule has 0 aromatic heterocycles. The van der Waals surface area contributed by atoms with Crippen molar-refractivity contribution in [2.45, 2.75) is 32.5 Å². The molecule has 1 aliphatic rings. The first-order chi connectivity index (χ1) is 10.8. The highest BCUT2D eigenvalue weighted by molar-refractivity contribution is 6.34. The Hall–Kier alpha value is -1.47. The molecule has 0 saturated carbocycles. The fourth-order valence-electron chi connectivity index (χ4n) is 2.66. The number of nitrogens with zero attached hydrogens (tertiary/aromatic N) is 1. The van der Waals surface area contributed by atoms with Crippen LogP contribution in [-0.2, 0) is 17.5 Å². The van der Waals surface area contributed by atoms with E-state index in [1.54, 1.807) is 6.92 Å². The maximum absolute atomic E-state index is 13.4. The number of nitrogen functional groups attached to an aromatic ring is 1. The fraction of sp³-hybridized carbons (Fsp3) is 0.533. The van der Waals surface area contributed by atoms with Crippen molar-refractivity contribution in [3.8, 4) is 0 Å². The van der Waals surface area contributed by atoms with E-state index in [0.29, 0.717) is 13.1 Å². The van der Waals surface area contributed by atoms with E-state index in [2.05, 4.69) is 0 Å². The number of anilines is 1. The molecule has 0 amide bonds. The Balaban J connectivity index is 2.51. The highest BCUT2D eigenvalue weighted by Gasteiger charge is 2.37. The topological polar surface area (TPSA) is 55.6 Å². The van der Waals surface area contributed by atoms with E-state index >= 15 is 0 Å². The Kier molecular flexibility index (Phi) is 5.41. The van der Waals surface area contributed by atoms with Crippen molar-refractivity contribution in [3.05, 3.63) is 27.8 Å². The fourth-order valence-corrected chi connectivity index (χ4v) is 2.92. The van der Waals surface area contributed by atoms with Gasteiger partial charge in [-0.2, -0.15) is 13.2 Å². The molecule has 2 N–H and O–H groups in total. The number of carbonyl (C=O) groups is 1. The van der Waals surface area contributed by atoms with E-state index in [4.69, 9.17) is 22.1 Å². The van der Waals surface area contributed by atoms with Crippen molar-refractivity contribution in [1.82, 2.24) is 4.90 Å². The molecule has 0 radical (unpaired) electrons. The summed E-state index contributed by atoms with van der Waals surface area (Å²) in [6.45, 7) is 3.08. The molecule has 0 unspecified atom stereocenters. The summed E-state index contributed by atoms with van der Waals surface area (Å²) >= 11 is 6.07. The van der Waals surface area contributed by atoms with Crippen LogP contribution in [-0.4, -0.2) is 30.6 Å². The quantitative estimate of drug-likeness (QED) is 0.664. The van der Waals surface area contributed by atoms with Gasteiger partial charge in [0.05, 0.1) is 28.4 Å². The van der Waals surface area contributed by atoms with Crippen LogP contribution in [0.2, 0.25) is 5.02 Å². The zero-order valence-corrected chi connectivity index (χ0v) is 13.4. The molecule has 0 bridgehead atoms. The summed E-state index contributed by atoms with van der Waals surface area (Å²) in [7, 11) is 0. The number of ether oxygens (including phenoxy) is 1. The van der Waals surface area contributed by atoms with Crippen LogP contribution in [0.25, 0.3) is 0 Å². The summed E-state index contributed by atoms with van der Waals surface area (Å²) in [4.78, 5) is 13.7. The maximum atomic E-state index is 13.4. The summed E-state index contributed by atoms with van der Waals surface area (Å²) in [5, 5.41) is -0.227. The Morgan fingerprint density at radius 2 is 2.00 bits per heavy atom. The number of halogens is 4. The molecule has 128 valence electrons. The number of rotatable bonds is 4. The lowest BCUT2D eigenvalue weighted by atomic mass is 10.0. The lowest BCUT2D eigenvalue weighted by Crippen LogP contribution is -2.23. The Labute approximate surface area is 137 Å². The van der Waals surface area contributed by atoms with Crippen molar-refractivity contribution >= 4 is 23.3 Å². The normalized spacial score (nSPS) is 15.9. The third-order valence-electron chi connectivity index (χ3n) is 3.79. The number of likely N-dealkylation sites (tertiary alicyclic amines) is 1. The molecule has 2 rings (SSSR count). The van der Waals surface area contributed by atoms with Gasteiger partial charge >= 0.3 is 12.1 Å². The predicted octanol–water partition coefficient (Wildman–Crippen LogP) is 3.71. The largest absolute Gasteiger partial charge is 0.462 e. The highest BCUT2D eigenvalue weighted by atomic mass is 35.5. The average molecular weight is 351 g/mol. The van der Waals surface area contributed by atoms with E-state index in [1.165, 1.54) is 0 Å². The van der Waals surface area contributed by atoms with Gasteiger partial charge in [-0.3, -0.25) is 4.90 Å². The molecule has 1 saturated heterocycles. The van der Waals surface area contributed by atoms with E-state index in [9.17, 15) is 18.0 Å². The molecule has 1 aromatic carbocycles. The second-order valence-electron chi connectivity index (χ2n) is 5.38. The third-order valence-corrected chi connectivity index (χ3v) is 4.22. The van der Waals surface area contributed by atoms with Crippen molar-refractivity contribution in [2.24, 2.45) is 0 Å². The molecule has 0 spiro atoms. The minimum atomic E-state index is -4.63. The van der Waals surface area contributed by atoms with Crippen LogP contribution in [0.5, 0.6) is 0 Å². The molecule has 1 heterocycles. The standard InChI is InChI=1S/C15H18ClF3N2O2/c1-2-23-14(22)9-7-11(15(17,18)19)10(12(16)13(9)20)8-21-5-3-4-6-21/h7H,2-6,8,20H2,1H3. The van der Waals surface area contributed by atoms with Crippen LogP contribution in [0.4, 0.5) is 18.9 Å². The Morgan fingerprint density at radius 3 is 2.52 bits per heavy atom. The van der Waals surface area contributed by atoms with Crippen LogP contribution in [0.1, 0.15) is 41.3 Å². The van der Waals surface area contributed by atoms with E-state index in [0.717, 1.165) is 18.9 Å². The lowest BCUT2D eigenvalue weighted by Gasteiger charge is -2.22. The van der Waals surface area contributed by atoms with Gasteiger partial charge in [-0.05, 0) is 44.5 Å². The molecule has 0 aliphatic carbocycles. The zero-order chi connectivity index (χ0) is 17.2. The summed E-state index contributed by atoms with van der Waals surface area (Å²) < 4.78 is 44.9. The molecule has 1 aliphatic heterocycles. The number of alkyl halides is 3. The van der Waals surface area contributed by atoms with Gasteiger partial charge in [0.15, 0.2) is 0 Å². The Morgan fingerprint density at radius 1 is 1.39 bits per heavy atom. The minimum absolute atomic E-state index is 0.0345. The maximum Gasteiger partial charge on any atom is 0.416 e. The summed E-state index contributed by atoms with van der Waals surface area (Å²) in [6.07, 6.45) is -2.75. The number of nitrogens with two attached hydrogens (primary N) is 1. The number of esters is 1. The molecular formula is C15H18ClF3N2O2.